The molecule has 2 rings (SSSR count). The van der Waals surface area contributed by atoms with Gasteiger partial charge in [0, 0.05) is 12.4 Å². The van der Waals surface area contributed by atoms with E-state index in [1.807, 2.05) is 27.7 Å². The fourth-order valence-electron chi connectivity index (χ4n) is 1.48. The molecule has 1 aromatic heterocycles. The third-order valence-corrected chi connectivity index (χ3v) is 3.33. The molecule has 1 aromatic rings. The Bertz CT molecular complexity index is 431. The summed E-state index contributed by atoms with van der Waals surface area (Å²) in [6, 6.07) is 3.29. The van der Waals surface area contributed by atoms with Gasteiger partial charge >= 0.3 is 13.3 Å². The van der Waals surface area contributed by atoms with E-state index < -0.39 is 24.5 Å². The van der Waals surface area contributed by atoms with Gasteiger partial charge in [0.2, 0.25) is 0 Å². The van der Waals surface area contributed by atoms with Gasteiger partial charge in [0.25, 0.3) is 0 Å². The van der Waals surface area contributed by atoms with Gasteiger partial charge in [-0.15, -0.1) is 0 Å². The van der Waals surface area contributed by atoms with Crippen LogP contribution in [-0.2, 0) is 14.0 Å². The average molecular weight is 249 g/mol. The van der Waals surface area contributed by atoms with Crippen molar-refractivity contribution in [2.24, 2.45) is 0 Å². The van der Waals surface area contributed by atoms with Gasteiger partial charge < -0.3 is 14.0 Å². The van der Waals surface area contributed by atoms with Crippen LogP contribution in [0.5, 0.6) is 0 Å². The Balaban J connectivity index is 2.03. The minimum Gasteiger partial charge on any atom is -0.481 e. The van der Waals surface area contributed by atoms with E-state index in [2.05, 4.69) is 4.98 Å². The van der Waals surface area contributed by atoms with Gasteiger partial charge in [0.15, 0.2) is 0 Å². The highest BCUT2D eigenvalue weighted by Gasteiger charge is 2.54. The summed E-state index contributed by atoms with van der Waals surface area (Å²) in [6.07, 6.45) is 3.03. The molecule has 2 heterocycles. The van der Waals surface area contributed by atoms with Crippen molar-refractivity contribution < 1.29 is 18.8 Å². The number of pyridine rings is 1. The van der Waals surface area contributed by atoms with Crippen LogP contribution in [0.2, 0.25) is 0 Å². The third kappa shape index (κ3) is 2.39. The van der Waals surface area contributed by atoms with Crippen LogP contribution >= 0.6 is 0 Å². The third-order valence-electron chi connectivity index (χ3n) is 3.33. The number of rotatable bonds is 2. The number of hydrogen-bond acceptors (Lipinski definition) is 5. The molecule has 1 aliphatic heterocycles. The predicted octanol–water partition coefficient (Wildman–Crippen LogP) is 1.83. The molecule has 0 amide bonds. The molecule has 96 valence electrons. The molecule has 1 aliphatic rings. The second kappa shape index (κ2) is 4.37. The SMILES string of the molecule is CC1(C)OB(OC(=O)c2cccnc2)OC1(C)C. The minimum absolute atomic E-state index is 0.368. The maximum absolute atomic E-state index is 11.8. The molecule has 6 heteroatoms. The Morgan fingerprint density at radius 2 is 1.89 bits per heavy atom. The van der Waals surface area contributed by atoms with Crippen molar-refractivity contribution in [2.45, 2.75) is 38.9 Å². The van der Waals surface area contributed by atoms with Crippen LogP contribution in [-0.4, -0.2) is 29.5 Å². The highest BCUT2D eigenvalue weighted by Crippen LogP contribution is 2.36. The minimum atomic E-state index is -0.984. The fourth-order valence-corrected chi connectivity index (χ4v) is 1.48. The van der Waals surface area contributed by atoms with Crippen molar-refractivity contribution in [3.05, 3.63) is 30.1 Å². The van der Waals surface area contributed by atoms with E-state index in [1.165, 1.54) is 6.20 Å². The molecule has 0 aromatic carbocycles. The molecule has 1 saturated heterocycles. The van der Waals surface area contributed by atoms with Crippen molar-refractivity contribution >= 4 is 13.3 Å². The summed E-state index contributed by atoms with van der Waals surface area (Å²) in [6.45, 7) is 7.58. The first-order valence-corrected chi connectivity index (χ1v) is 5.78. The first-order valence-electron chi connectivity index (χ1n) is 5.78. The first kappa shape index (κ1) is 13.0. The van der Waals surface area contributed by atoms with Crippen LogP contribution in [0.3, 0.4) is 0 Å². The molecule has 0 unspecified atom stereocenters. The molecule has 5 nitrogen and oxygen atoms in total. The van der Waals surface area contributed by atoms with Gasteiger partial charge in [0.1, 0.15) is 0 Å². The van der Waals surface area contributed by atoms with Crippen molar-refractivity contribution in [3.8, 4) is 0 Å². The summed E-state index contributed by atoms with van der Waals surface area (Å²) in [4.78, 5) is 15.7. The predicted molar refractivity (Wildman–Crippen MR) is 65.7 cm³/mol. The van der Waals surface area contributed by atoms with Gasteiger partial charge in [-0.25, -0.2) is 4.79 Å². The Morgan fingerprint density at radius 3 is 2.39 bits per heavy atom. The summed E-state index contributed by atoms with van der Waals surface area (Å²) in [5.74, 6) is -0.512. The summed E-state index contributed by atoms with van der Waals surface area (Å²) in [5.41, 5.74) is -0.674. The van der Waals surface area contributed by atoms with Crippen molar-refractivity contribution in [1.29, 1.82) is 0 Å². The lowest BCUT2D eigenvalue weighted by molar-refractivity contribution is 0.00578. The van der Waals surface area contributed by atoms with Crippen LogP contribution in [0.1, 0.15) is 38.1 Å². The zero-order valence-corrected chi connectivity index (χ0v) is 11.0. The van der Waals surface area contributed by atoms with Crippen LogP contribution < -0.4 is 0 Å². The number of nitrogens with zero attached hydrogens (tertiary/aromatic N) is 1. The largest absolute Gasteiger partial charge is 0.716 e. The highest BCUT2D eigenvalue weighted by atomic mass is 16.8. The lowest BCUT2D eigenvalue weighted by Gasteiger charge is -2.31. The molecular weight excluding hydrogens is 233 g/mol. The van der Waals surface area contributed by atoms with E-state index in [0.717, 1.165) is 0 Å². The van der Waals surface area contributed by atoms with Gasteiger partial charge in [-0.3, -0.25) is 4.98 Å². The maximum atomic E-state index is 11.8. The molecule has 18 heavy (non-hydrogen) atoms. The lowest BCUT2D eigenvalue weighted by Crippen LogP contribution is -2.41. The lowest BCUT2D eigenvalue weighted by atomic mass is 9.90. The summed E-state index contributed by atoms with van der Waals surface area (Å²) >= 11 is 0. The van der Waals surface area contributed by atoms with Gasteiger partial charge in [-0.2, -0.15) is 0 Å². The quantitative estimate of drug-likeness (QED) is 0.748. The number of aromatic nitrogens is 1. The monoisotopic (exact) mass is 249 g/mol. The second-order valence-electron chi connectivity index (χ2n) is 5.19. The van der Waals surface area contributed by atoms with E-state index >= 15 is 0 Å². The Morgan fingerprint density at radius 1 is 1.28 bits per heavy atom. The van der Waals surface area contributed by atoms with Gasteiger partial charge in [-0.05, 0) is 39.8 Å². The normalized spacial score (nSPS) is 20.8. The standard InChI is InChI=1S/C12H16BNO4/c1-11(2)12(3,4)18-13(17-11)16-10(15)9-6-5-7-14-8-9/h5-8H,1-4H3. The molecule has 0 N–H and O–H groups in total. The Kier molecular flexibility index (Phi) is 3.17. The van der Waals surface area contributed by atoms with Crippen molar-refractivity contribution in [2.75, 3.05) is 0 Å². The molecule has 0 radical (unpaired) electrons. The summed E-state index contributed by atoms with van der Waals surface area (Å²) in [5, 5.41) is 0. The fraction of sp³-hybridized carbons (Fsp3) is 0.500. The van der Waals surface area contributed by atoms with Crippen LogP contribution in [0.15, 0.2) is 24.5 Å². The smallest absolute Gasteiger partial charge is 0.481 e. The number of carbonyl (C=O) groups excluding carboxylic acids is 1. The van der Waals surface area contributed by atoms with Crippen LogP contribution in [0.25, 0.3) is 0 Å². The topological polar surface area (TPSA) is 57.7 Å². The Labute approximate surface area is 107 Å². The summed E-state index contributed by atoms with van der Waals surface area (Å²) < 4.78 is 16.3. The molecule has 0 aliphatic carbocycles. The number of hydrogen-bond donors (Lipinski definition) is 0. The molecular formula is C12H16BNO4. The molecule has 0 atom stereocenters. The van der Waals surface area contributed by atoms with E-state index in [1.54, 1.807) is 18.3 Å². The highest BCUT2D eigenvalue weighted by molar-refractivity contribution is 6.41. The molecule has 0 saturated carbocycles. The van der Waals surface area contributed by atoms with Crippen molar-refractivity contribution in [1.82, 2.24) is 4.98 Å². The molecule has 1 fully saturated rings. The van der Waals surface area contributed by atoms with E-state index in [0.29, 0.717) is 5.56 Å². The number of carbonyl (C=O) groups is 1. The molecule has 0 bridgehead atoms. The Hall–Kier alpha value is -1.40. The van der Waals surface area contributed by atoms with E-state index in [9.17, 15) is 4.79 Å². The summed E-state index contributed by atoms with van der Waals surface area (Å²) in [7, 11) is -0.984. The van der Waals surface area contributed by atoms with E-state index in [4.69, 9.17) is 14.0 Å². The van der Waals surface area contributed by atoms with Gasteiger partial charge in [-0.1, -0.05) is 0 Å². The maximum Gasteiger partial charge on any atom is 0.716 e. The van der Waals surface area contributed by atoms with Gasteiger partial charge in [0.05, 0.1) is 16.8 Å². The molecule has 0 spiro atoms. The van der Waals surface area contributed by atoms with Crippen molar-refractivity contribution in [3.63, 3.8) is 0 Å². The van der Waals surface area contributed by atoms with E-state index in [-0.39, 0.29) is 0 Å². The van der Waals surface area contributed by atoms with Crippen LogP contribution in [0.4, 0.5) is 0 Å². The average Bonchev–Trinajstić information content (AvgIpc) is 2.48. The first-order chi connectivity index (χ1) is 8.32. The van der Waals surface area contributed by atoms with Crippen LogP contribution in [0, 0.1) is 0 Å². The second-order valence-corrected chi connectivity index (χ2v) is 5.19. The zero-order chi connectivity index (χ0) is 13.4. The zero-order valence-electron chi connectivity index (χ0n) is 11.0.